The van der Waals surface area contributed by atoms with Gasteiger partial charge < -0.3 is 14.6 Å². The van der Waals surface area contributed by atoms with Crippen LogP contribution in [-0.2, 0) is 9.53 Å². The second-order valence-corrected chi connectivity index (χ2v) is 9.01. The summed E-state index contributed by atoms with van der Waals surface area (Å²) in [5.74, 6) is -0.147. The first-order valence-corrected chi connectivity index (χ1v) is 10.9. The summed E-state index contributed by atoms with van der Waals surface area (Å²) >= 11 is 6.68. The van der Waals surface area contributed by atoms with Crippen molar-refractivity contribution in [1.29, 1.82) is 0 Å². The molecule has 0 unspecified atom stereocenters. The lowest BCUT2D eigenvalue weighted by Gasteiger charge is -2.31. The largest absolute Gasteiger partial charge is 0.454 e. The lowest BCUT2D eigenvalue weighted by Crippen LogP contribution is -2.36. The Balaban J connectivity index is 1.88. The van der Waals surface area contributed by atoms with Crippen molar-refractivity contribution in [1.82, 2.24) is 9.88 Å². The molecule has 1 aromatic rings. The normalized spacial score (nSPS) is 16.0. The number of aromatic amines is 1. The average Bonchev–Trinajstić information content (AvgIpc) is 2.93. The van der Waals surface area contributed by atoms with Gasteiger partial charge in [-0.2, -0.15) is 0 Å². The molecule has 0 aromatic carbocycles. The Morgan fingerprint density at radius 1 is 1.29 bits per heavy atom. The average molecular weight is 425 g/mol. The van der Waals surface area contributed by atoms with Gasteiger partial charge in [0, 0.05) is 24.3 Å². The van der Waals surface area contributed by atoms with Gasteiger partial charge in [-0.05, 0) is 52.0 Å². The lowest BCUT2D eigenvalue weighted by atomic mass is 10.00. The number of esters is 1. The lowest BCUT2D eigenvalue weighted by molar-refractivity contribution is -0.143. The number of rotatable bonds is 6. The van der Waals surface area contributed by atoms with E-state index in [1.54, 1.807) is 13.8 Å². The molecule has 0 amide bonds. The predicted molar refractivity (Wildman–Crippen MR) is 115 cm³/mol. The minimum absolute atomic E-state index is 0.0734. The predicted octanol–water partition coefficient (Wildman–Crippen LogP) is 3.70. The number of aryl methyl sites for hydroxylation is 1. The molecule has 0 aliphatic carbocycles. The van der Waals surface area contributed by atoms with E-state index in [2.05, 4.69) is 16.8 Å². The van der Waals surface area contributed by atoms with E-state index >= 15 is 0 Å². The first-order valence-electron chi connectivity index (χ1n) is 9.47. The van der Waals surface area contributed by atoms with E-state index in [0.717, 1.165) is 25.9 Å². The monoisotopic (exact) mass is 424 g/mol. The molecule has 0 spiro atoms. The van der Waals surface area contributed by atoms with Gasteiger partial charge in [0.2, 0.25) is 5.78 Å². The summed E-state index contributed by atoms with van der Waals surface area (Å²) < 4.78 is 5.99. The molecule has 1 saturated heterocycles. The van der Waals surface area contributed by atoms with Crippen LogP contribution >= 0.6 is 24.0 Å². The molecule has 8 heteroatoms. The summed E-state index contributed by atoms with van der Waals surface area (Å²) in [6.45, 7) is 10.5. The molecule has 28 heavy (non-hydrogen) atoms. The van der Waals surface area contributed by atoms with Gasteiger partial charge in [-0.25, -0.2) is 0 Å². The maximum Gasteiger partial charge on any atom is 0.317 e. The maximum absolute atomic E-state index is 12.6. The first kappa shape index (κ1) is 22.6. The summed E-state index contributed by atoms with van der Waals surface area (Å²) in [6, 6.07) is 0. The van der Waals surface area contributed by atoms with Crippen LogP contribution in [0.2, 0.25) is 0 Å². The number of Topliss-reactive ketones (excluding diaryl/α,β-unsaturated/α-hetero) is 2. The van der Waals surface area contributed by atoms with Crippen molar-refractivity contribution in [2.75, 3.05) is 18.8 Å². The molecule has 0 bridgehead atoms. The van der Waals surface area contributed by atoms with E-state index in [-0.39, 0.29) is 17.3 Å². The Kier molecular flexibility index (Phi) is 7.83. The highest BCUT2D eigenvalue weighted by Crippen LogP contribution is 2.22. The molecule has 1 aliphatic rings. The number of piperidine rings is 1. The van der Waals surface area contributed by atoms with Gasteiger partial charge in [0.1, 0.15) is 4.32 Å². The highest BCUT2D eigenvalue weighted by atomic mass is 32.2. The van der Waals surface area contributed by atoms with Gasteiger partial charge in [0.15, 0.2) is 11.9 Å². The summed E-state index contributed by atoms with van der Waals surface area (Å²) in [6.07, 6.45) is 1.27. The third kappa shape index (κ3) is 5.44. The highest BCUT2D eigenvalue weighted by Gasteiger charge is 2.26. The Bertz CT molecular complexity index is 779. The van der Waals surface area contributed by atoms with Crippen molar-refractivity contribution >= 4 is 45.8 Å². The van der Waals surface area contributed by atoms with Crippen LogP contribution in [0.3, 0.4) is 0 Å². The van der Waals surface area contributed by atoms with Crippen molar-refractivity contribution in [2.45, 2.75) is 53.6 Å². The molecule has 154 valence electrons. The van der Waals surface area contributed by atoms with Gasteiger partial charge in [0.25, 0.3) is 0 Å². The van der Waals surface area contributed by atoms with Gasteiger partial charge in [-0.3, -0.25) is 14.4 Å². The van der Waals surface area contributed by atoms with Crippen LogP contribution in [0.5, 0.6) is 0 Å². The van der Waals surface area contributed by atoms with Gasteiger partial charge in [-0.1, -0.05) is 30.9 Å². The SMILES string of the molecule is CC(=O)c1c(C)[nH]c(C(=O)[C@H](C)OC(=O)CSC(=S)N2CCC(C)CC2)c1C. The minimum Gasteiger partial charge on any atom is -0.454 e. The van der Waals surface area contributed by atoms with Crippen LogP contribution in [0, 0.1) is 19.8 Å². The molecule has 0 saturated carbocycles. The number of ether oxygens (including phenoxy) is 1. The van der Waals surface area contributed by atoms with Crippen LogP contribution in [-0.4, -0.2) is 56.7 Å². The third-order valence-electron chi connectivity index (χ3n) is 5.07. The summed E-state index contributed by atoms with van der Waals surface area (Å²) in [4.78, 5) is 41.6. The zero-order valence-corrected chi connectivity index (χ0v) is 18.7. The van der Waals surface area contributed by atoms with Gasteiger partial charge in [-0.15, -0.1) is 0 Å². The molecule has 2 heterocycles. The topological polar surface area (TPSA) is 79.5 Å². The number of nitrogens with one attached hydrogen (secondary N) is 1. The zero-order valence-electron chi connectivity index (χ0n) is 17.1. The molecule has 6 nitrogen and oxygen atoms in total. The number of carbonyl (C=O) groups excluding carboxylic acids is 3. The number of carbonyl (C=O) groups is 3. The van der Waals surface area contributed by atoms with E-state index in [1.807, 2.05) is 0 Å². The Morgan fingerprint density at radius 3 is 2.43 bits per heavy atom. The fourth-order valence-corrected chi connectivity index (χ4v) is 4.45. The molecule has 1 N–H and O–H groups in total. The van der Waals surface area contributed by atoms with E-state index in [1.165, 1.54) is 25.6 Å². The molecule has 2 rings (SSSR count). The quantitative estimate of drug-likeness (QED) is 0.424. The number of thioether (sulfide) groups is 1. The van der Waals surface area contributed by atoms with E-state index in [0.29, 0.717) is 32.8 Å². The second kappa shape index (κ2) is 9.69. The number of hydrogen-bond acceptors (Lipinski definition) is 6. The fourth-order valence-electron chi connectivity index (χ4n) is 3.42. The molecule has 1 fully saturated rings. The van der Waals surface area contributed by atoms with Crippen molar-refractivity contribution in [2.24, 2.45) is 5.92 Å². The number of likely N-dealkylation sites (tertiary alicyclic amines) is 1. The highest BCUT2D eigenvalue weighted by molar-refractivity contribution is 8.23. The Hall–Kier alpha value is -1.67. The Labute approximate surface area is 175 Å². The third-order valence-corrected chi connectivity index (χ3v) is 6.57. The Morgan fingerprint density at radius 2 is 1.89 bits per heavy atom. The van der Waals surface area contributed by atoms with E-state index in [9.17, 15) is 14.4 Å². The van der Waals surface area contributed by atoms with Gasteiger partial charge >= 0.3 is 5.97 Å². The number of aromatic nitrogens is 1. The van der Waals surface area contributed by atoms with Crippen LogP contribution in [0.15, 0.2) is 0 Å². The van der Waals surface area contributed by atoms with Gasteiger partial charge in [0.05, 0.1) is 11.4 Å². The smallest absolute Gasteiger partial charge is 0.317 e. The molecular formula is C20H28N2O4S2. The van der Waals surface area contributed by atoms with Crippen molar-refractivity contribution in [3.05, 3.63) is 22.5 Å². The zero-order chi connectivity index (χ0) is 21.0. The second-order valence-electron chi connectivity index (χ2n) is 7.40. The number of nitrogens with zero attached hydrogens (tertiary/aromatic N) is 1. The van der Waals surface area contributed by atoms with Crippen LogP contribution in [0.4, 0.5) is 0 Å². The number of H-pyrrole nitrogens is 1. The van der Waals surface area contributed by atoms with Crippen molar-refractivity contribution < 1.29 is 19.1 Å². The van der Waals surface area contributed by atoms with E-state index in [4.69, 9.17) is 17.0 Å². The minimum atomic E-state index is -0.936. The number of thiocarbonyl (C=S) groups is 1. The molecule has 1 aromatic heterocycles. The van der Waals surface area contributed by atoms with Crippen molar-refractivity contribution in [3.63, 3.8) is 0 Å². The van der Waals surface area contributed by atoms with Crippen LogP contribution in [0.1, 0.15) is 65.7 Å². The molecule has 1 aliphatic heterocycles. The number of ketones is 2. The van der Waals surface area contributed by atoms with Crippen LogP contribution in [0.25, 0.3) is 0 Å². The number of hydrogen-bond donors (Lipinski definition) is 1. The molecular weight excluding hydrogens is 396 g/mol. The first-order chi connectivity index (χ1) is 13.1. The summed E-state index contributed by atoms with van der Waals surface area (Å²) in [7, 11) is 0. The molecule has 0 radical (unpaired) electrons. The maximum atomic E-state index is 12.6. The van der Waals surface area contributed by atoms with E-state index < -0.39 is 12.1 Å². The summed E-state index contributed by atoms with van der Waals surface area (Å²) in [5.41, 5.74) is 2.06. The van der Waals surface area contributed by atoms with Crippen LogP contribution < -0.4 is 0 Å². The summed E-state index contributed by atoms with van der Waals surface area (Å²) in [5, 5.41) is 0. The van der Waals surface area contributed by atoms with Crippen molar-refractivity contribution in [3.8, 4) is 0 Å². The fraction of sp³-hybridized carbons (Fsp3) is 0.600. The molecule has 1 atom stereocenters. The standard InChI is InChI=1S/C20H28N2O4S2/c1-11-6-8-22(9-7-11)20(27)28-10-16(24)26-15(5)19(25)18-12(2)17(14(4)23)13(3)21-18/h11,15,21H,6-10H2,1-5H3/t15-/m0/s1.